The monoisotopic (exact) mass is 568 g/mol. The number of carbonyl (C=O) groups is 2. The summed E-state index contributed by atoms with van der Waals surface area (Å²) in [5.74, 6) is -1.68. The number of Topliss-reactive ketones (excluding diaryl/α,β-unsaturated/α-hetero) is 1. The number of para-hydroxylation sites is 1. The number of likely N-dealkylation sites (tertiary alicyclic amines) is 1. The van der Waals surface area contributed by atoms with Gasteiger partial charge < -0.3 is 15.0 Å². The summed E-state index contributed by atoms with van der Waals surface area (Å²) in [6.07, 6.45) is 2.42. The number of nitrogens with one attached hydrogen (secondary N) is 1. The maximum Gasteiger partial charge on any atom is 0.295 e. The quantitative estimate of drug-likeness (QED) is 0.156. The largest absolute Gasteiger partial charge is 0.507 e. The average molecular weight is 570 g/mol. The standard InChI is InChI=1S/C27H19BrCl2N2O3/c28-17-7-5-15(6-8-17)25(33)23-24(20-10-9-18(29)13-21(20)30)32(27(35)26(23)34)12-11-16-14-31-22-4-2-1-3-19(16)22/h1-10,13-14,24,31,33H,11-12H2/t24-/m1/s1. The number of aliphatic hydroxyl groups excluding tert-OH is 1. The van der Waals surface area contributed by atoms with Crippen LogP contribution in [0.3, 0.4) is 0 Å². The number of hydrogen-bond donors (Lipinski definition) is 2. The van der Waals surface area contributed by atoms with Gasteiger partial charge in [0.1, 0.15) is 5.76 Å². The number of aromatic amines is 1. The topological polar surface area (TPSA) is 73.4 Å². The highest BCUT2D eigenvalue weighted by atomic mass is 79.9. The fourth-order valence-electron chi connectivity index (χ4n) is 4.50. The lowest BCUT2D eigenvalue weighted by Gasteiger charge is -2.26. The molecular formula is C27H19BrCl2N2O3. The van der Waals surface area contributed by atoms with Crippen LogP contribution >= 0.6 is 39.1 Å². The van der Waals surface area contributed by atoms with E-state index < -0.39 is 17.7 Å². The smallest absolute Gasteiger partial charge is 0.295 e. The lowest BCUT2D eigenvalue weighted by Crippen LogP contribution is -2.31. The summed E-state index contributed by atoms with van der Waals surface area (Å²) in [6, 6.07) is 18.8. The van der Waals surface area contributed by atoms with E-state index in [0.717, 1.165) is 20.9 Å². The minimum absolute atomic E-state index is 0.000437. The Kier molecular flexibility index (Phi) is 6.45. The normalized spacial score (nSPS) is 17.5. The summed E-state index contributed by atoms with van der Waals surface area (Å²) in [4.78, 5) is 31.2. The SMILES string of the molecule is O=C1C(=O)N(CCc2c[nH]c3ccccc23)[C@H](c2ccc(Cl)cc2Cl)C1=C(O)c1ccc(Br)cc1. The number of aromatic nitrogens is 1. The van der Waals surface area contributed by atoms with Crippen LogP contribution < -0.4 is 0 Å². The maximum absolute atomic E-state index is 13.2. The molecule has 0 bridgehead atoms. The Balaban J connectivity index is 1.59. The number of fused-ring (bicyclic) bond motifs is 1. The first-order chi connectivity index (χ1) is 16.8. The summed E-state index contributed by atoms with van der Waals surface area (Å²) in [7, 11) is 0. The van der Waals surface area contributed by atoms with Gasteiger partial charge in [0.25, 0.3) is 11.7 Å². The van der Waals surface area contributed by atoms with Crippen LogP contribution in [0.5, 0.6) is 0 Å². The first kappa shape index (κ1) is 23.7. The van der Waals surface area contributed by atoms with Crippen molar-refractivity contribution < 1.29 is 14.7 Å². The zero-order valence-electron chi connectivity index (χ0n) is 18.3. The Hall–Kier alpha value is -3.06. The molecular weight excluding hydrogens is 551 g/mol. The van der Waals surface area contributed by atoms with Gasteiger partial charge in [0, 0.05) is 43.7 Å². The Labute approximate surface area is 220 Å². The average Bonchev–Trinajstić information content (AvgIpc) is 3.36. The lowest BCUT2D eigenvalue weighted by molar-refractivity contribution is -0.139. The molecule has 0 radical (unpaired) electrons. The molecule has 1 aromatic heterocycles. The summed E-state index contributed by atoms with van der Waals surface area (Å²) in [6.45, 7) is 0.257. The summed E-state index contributed by atoms with van der Waals surface area (Å²) in [5.41, 5.74) is 2.97. The van der Waals surface area contributed by atoms with E-state index in [1.54, 1.807) is 42.5 Å². The fraction of sp³-hybridized carbons (Fsp3) is 0.111. The molecule has 1 amide bonds. The van der Waals surface area contributed by atoms with E-state index in [1.165, 1.54) is 4.90 Å². The van der Waals surface area contributed by atoms with Crippen molar-refractivity contribution >= 4 is 67.5 Å². The molecule has 2 N–H and O–H groups in total. The van der Waals surface area contributed by atoms with Gasteiger partial charge in [-0.2, -0.15) is 0 Å². The Morgan fingerprint density at radius 2 is 1.77 bits per heavy atom. The second kappa shape index (κ2) is 9.53. The number of hydrogen-bond acceptors (Lipinski definition) is 3. The number of halogens is 3. The molecule has 0 spiro atoms. The molecule has 0 aliphatic carbocycles. The van der Waals surface area contributed by atoms with Crippen LogP contribution in [0, 0.1) is 0 Å². The van der Waals surface area contributed by atoms with Crippen molar-refractivity contribution in [3.8, 4) is 0 Å². The van der Waals surface area contributed by atoms with Crippen LogP contribution in [0.1, 0.15) is 22.7 Å². The number of carbonyl (C=O) groups excluding carboxylic acids is 2. The second-order valence-corrected chi connectivity index (χ2v) is 10.0. The van der Waals surface area contributed by atoms with Gasteiger partial charge in [0.15, 0.2) is 0 Å². The van der Waals surface area contributed by atoms with Gasteiger partial charge in [0.2, 0.25) is 0 Å². The minimum Gasteiger partial charge on any atom is -0.507 e. The third kappa shape index (κ3) is 4.38. The van der Waals surface area contributed by atoms with Crippen molar-refractivity contribution in [1.29, 1.82) is 0 Å². The van der Waals surface area contributed by atoms with Gasteiger partial charge in [-0.1, -0.05) is 75.5 Å². The molecule has 0 unspecified atom stereocenters. The second-order valence-electron chi connectivity index (χ2n) is 8.27. The molecule has 1 aliphatic heterocycles. The van der Waals surface area contributed by atoms with Crippen molar-refractivity contribution in [1.82, 2.24) is 9.88 Å². The van der Waals surface area contributed by atoms with Crippen molar-refractivity contribution in [3.05, 3.63) is 110 Å². The van der Waals surface area contributed by atoms with E-state index in [4.69, 9.17) is 23.2 Å². The minimum atomic E-state index is -0.853. The van der Waals surface area contributed by atoms with E-state index in [0.29, 0.717) is 27.6 Å². The first-order valence-electron chi connectivity index (χ1n) is 10.9. The molecule has 1 fully saturated rings. The van der Waals surface area contributed by atoms with Crippen LogP contribution in [0.15, 0.2) is 83.0 Å². The van der Waals surface area contributed by atoms with Crippen LogP contribution in [0.4, 0.5) is 0 Å². The molecule has 5 nitrogen and oxygen atoms in total. The number of H-pyrrole nitrogens is 1. The molecule has 8 heteroatoms. The van der Waals surface area contributed by atoms with Crippen molar-refractivity contribution in [3.63, 3.8) is 0 Å². The predicted molar refractivity (Wildman–Crippen MR) is 142 cm³/mol. The van der Waals surface area contributed by atoms with E-state index in [2.05, 4.69) is 20.9 Å². The summed E-state index contributed by atoms with van der Waals surface area (Å²) in [5, 5.41) is 13.0. The van der Waals surface area contributed by atoms with Crippen molar-refractivity contribution in [2.24, 2.45) is 0 Å². The Bertz CT molecular complexity index is 1490. The Morgan fingerprint density at radius 3 is 2.51 bits per heavy atom. The van der Waals surface area contributed by atoms with Crippen LogP contribution in [0.25, 0.3) is 16.7 Å². The number of amides is 1. The molecule has 3 aromatic carbocycles. The zero-order chi connectivity index (χ0) is 24.7. The molecule has 0 saturated carbocycles. The molecule has 176 valence electrons. The third-order valence-corrected chi connectivity index (χ3v) is 7.30. The van der Waals surface area contributed by atoms with Gasteiger partial charge >= 0.3 is 0 Å². The number of aliphatic hydroxyl groups is 1. The maximum atomic E-state index is 13.2. The number of benzene rings is 3. The number of nitrogens with zero attached hydrogens (tertiary/aromatic N) is 1. The Morgan fingerprint density at radius 1 is 1.03 bits per heavy atom. The van der Waals surface area contributed by atoms with Crippen molar-refractivity contribution in [2.45, 2.75) is 12.5 Å². The van der Waals surface area contributed by atoms with E-state index in [9.17, 15) is 14.7 Å². The van der Waals surface area contributed by atoms with Gasteiger partial charge in [-0.05, 0) is 47.9 Å². The molecule has 35 heavy (non-hydrogen) atoms. The van der Waals surface area contributed by atoms with Gasteiger partial charge in [-0.25, -0.2) is 0 Å². The van der Waals surface area contributed by atoms with Gasteiger partial charge in [0.05, 0.1) is 11.6 Å². The predicted octanol–water partition coefficient (Wildman–Crippen LogP) is 6.90. The third-order valence-electron chi connectivity index (χ3n) is 6.21. The molecule has 1 aliphatic rings. The van der Waals surface area contributed by atoms with E-state index in [-0.39, 0.29) is 17.9 Å². The highest BCUT2D eigenvalue weighted by Crippen LogP contribution is 2.42. The van der Waals surface area contributed by atoms with E-state index >= 15 is 0 Å². The highest BCUT2D eigenvalue weighted by molar-refractivity contribution is 9.10. The van der Waals surface area contributed by atoms with Gasteiger partial charge in [-0.15, -0.1) is 0 Å². The zero-order valence-corrected chi connectivity index (χ0v) is 21.4. The first-order valence-corrected chi connectivity index (χ1v) is 12.4. The highest BCUT2D eigenvalue weighted by Gasteiger charge is 2.46. The summed E-state index contributed by atoms with van der Waals surface area (Å²) >= 11 is 16.0. The molecule has 5 rings (SSSR count). The van der Waals surface area contributed by atoms with Crippen LogP contribution in [-0.4, -0.2) is 33.2 Å². The van der Waals surface area contributed by atoms with Crippen LogP contribution in [-0.2, 0) is 16.0 Å². The molecule has 2 heterocycles. The lowest BCUT2D eigenvalue weighted by atomic mass is 9.95. The van der Waals surface area contributed by atoms with Gasteiger partial charge in [-0.3, -0.25) is 9.59 Å². The fourth-order valence-corrected chi connectivity index (χ4v) is 5.28. The van der Waals surface area contributed by atoms with Crippen molar-refractivity contribution in [2.75, 3.05) is 6.54 Å². The van der Waals surface area contributed by atoms with E-state index in [1.807, 2.05) is 30.5 Å². The number of rotatable bonds is 5. The molecule has 1 saturated heterocycles. The summed E-state index contributed by atoms with van der Waals surface area (Å²) < 4.78 is 0.825. The van der Waals surface area contributed by atoms with Crippen LogP contribution in [0.2, 0.25) is 10.0 Å². The molecule has 4 aromatic rings. The molecule has 1 atom stereocenters. The number of ketones is 1.